The van der Waals surface area contributed by atoms with E-state index in [1.807, 2.05) is 36.4 Å². The molecule has 0 unspecified atom stereocenters. The van der Waals surface area contributed by atoms with Crippen molar-refractivity contribution < 1.29 is 13.6 Å². The van der Waals surface area contributed by atoms with Crippen LogP contribution in [-0.2, 0) is 6.54 Å². The van der Waals surface area contributed by atoms with E-state index < -0.39 is 11.5 Å². The van der Waals surface area contributed by atoms with Crippen molar-refractivity contribution in [1.82, 2.24) is 15.1 Å². The van der Waals surface area contributed by atoms with Crippen LogP contribution >= 0.6 is 0 Å². The molecule has 1 amide bonds. The molecule has 27 heavy (non-hydrogen) atoms. The normalized spacial score (nSPS) is 10.9. The van der Waals surface area contributed by atoms with E-state index in [4.69, 9.17) is 8.83 Å². The molecule has 7 nitrogen and oxygen atoms in total. The minimum atomic E-state index is -0.680. The molecular weight excluding hydrogens is 346 g/mol. The lowest BCUT2D eigenvalue weighted by atomic mass is 10.1. The molecule has 7 heteroatoms. The second-order valence-electron chi connectivity index (χ2n) is 6.01. The Labute approximate surface area is 153 Å². The predicted molar refractivity (Wildman–Crippen MR) is 98.0 cm³/mol. The Morgan fingerprint density at radius 3 is 2.56 bits per heavy atom. The van der Waals surface area contributed by atoms with E-state index in [2.05, 4.69) is 10.2 Å². The number of fused-ring (bicyclic) bond motifs is 1. The van der Waals surface area contributed by atoms with Gasteiger partial charge in [0.1, 0.15) is 11.1 Å². The van der Waals surface area contributed by atoms with E-state index in [0.717, 1.165) is 5.56 Å². The van der Waals surface area contributed by atoms with Crippen molar-refractivity contribution in [2.24, 2.45) is 0 Å². The maximum absolute atomic E-state index is 12.7. The summed E-state index contributed by atoms with van der Waals surface area (Å²) in [4.78, 5) is 26.2. The molecule has 0 aliphatic rings. The molecule has 2 aromatic heterocycles. The summed E-state index contributed by atoms with van der Waals surface area (Å²) < 4.78 is 10.8. The van der Waals surface area contributed by atoms with Crippen molar-refractivity contribution in [3.05, 3.63) is 82.5 Å². The molecule has 0 fully saturated rings. The van der Waals surface area contributed by atoms with Gasteiger partial charge in [-0.05, 0) is 24.3 Å². The maximum Gasteiger partial charge on any atom is 0.349 e. The third-order valence-corrected chi connectivity index (χ3v) is 4.08. The Balaban J connectivity index is 1.56. The second-order valence-corrected chi connectivity index (χ2v) is 6.01. The van der Waals surface area contributed by atoms with E-state index in [1.54, 1.807) is 25.2 Å². The van der Waals surface area contributed by atoms with Gasteiger partial charge < -0.3 is 13.7 Å². The average molecular weight is 361 g/mol. The van der Waals surface area contributed by atoms with Crippen LogP contribution in [0.1, 0.15) is 16.2 Å². The molecule has 4 aromatic rings. The van der Waals surface area contributed by atoms with Crippen LogP contribution in [0.3, 0.4) is 0 Å². The SMILES string of the molecule is CN(Cc1nnc(-c2ccccc2)o1)C(=O)c1cc2ccccc2oc1=O. The molecule has 0 aliphatic heterocycles. The van der Waals surface area contributed by atoms with Crippen LogP contribution in [0.5, 0.6) is 0 Å². The maximum atomic E-state index is 12.7. The quantitative estimate of drug-likeness (QED) is 0.519. The molecule has 2 aromatic carbocycles. The van der Waals surface area contributed by atoms with Gasteiger partial charge in [-0.25, -0.2) is 4.79 Å². The van der Waals surface area contributed by atoms with Gasteiger partial charge >= 0.3 is 5.63 Å². The molecular formula is C20H15N3O4. The number of aromatic nitrogens is 2. The van der Waals surface area contributed by atoms with Crippen LogP contribution < -0.4 is 5.63 Å². The van der Waals surface area contributed by atoms with Crippen molar-refractivity contribution in [3.8, 4) is 11.5 Å². The minimum Gasteiger partial charge on any atom is -0.422 e. The standard InChI is InChI=1S/C20H15N3O4/c1-23(12-17-21-22-18(27-17)13-7-3-2-4-8-13)19(24)15-11-14-9-5-6-10-16(14)26-20(15)25/h2-11H,12H2,1H3. The second kappa shape index (κ2) is 6.87. The van der Waals surface area contributed by atoms with Gasteiger partial charge in [0.05, 0.1) is 6.54 Å². The first kappa shape index (κ1) is 16.7. The third kappa shape index (κ3) is 3.35. The number of benzene rings is 2. The largest absolute Gasteiger partial charge is 0.422 e. The highest BCUT2D eigenvalue weighted by atomic mass is 16.4. The summed E-state index contributed by atoms with van der Waals surface area (Å²) in [5.41, 5.74) is 0.506. The van der Waals surface area contributed by atoms with E-state index in [1.165, 1.54) is 11.0 Å². The Morgan fingerprint density at radius 2 is 1.74 bits per heavy atom. The lowest BCUT2D eigenvalue weighted by Crippen LogP contribution is -2.30. The molecule has 0 aliphatic carbocycles. The van der Waals surface area contributed by atoms with Crippen LogP contribution in [-0.4, -0.2) is 28.1 Å². The Hall–Kier alpha value is -3.74. The Kier molecular flexibility index (Phi) is 4.25. The Bertz CT molecular complexity index is 1160. The number of para-hydroxylation sites is 1. The number of rotatable bonds is 4. The van der Waals surface area contributed by atoms with E-state index in [-0.39, 0.29) is 18.0 Å². The monoisotopic (exact) mass is 361 g/mol. The summed E-state index contributed by atoms with van der Waals surface area (Å²) in [6.45, 7) is 0.0743. The fourth-order valence-corrected chi connectivity index (χ4v) is 2.71. The zero-order chi connectivity index (χ0) is 18.8. The van der Waals surface area contributed by atoms with Crippen LogP contribution in [0, 0.1) is 0 Å². The number of carbonyl (C=O) groups excluding carboxylic acids is 1. The minimum absolute atomic E-state index is 0.0426. The van der Waals surface area contributed by atoms with Crippen LogP contribution in [0.2, 0.25) is 0 Å². The van der Waals surface area contributed by atoms with Crippen LogP contribution in [0.15, 0.2) is 74.3 Å². The van der Waals surface area contributed by atoms with Crippen molar-refractivity contribution in [1.29, 1.82) is 0 Å². The molecule has 0 spiro atoms. The molecule has 2 heterocycles. The summed E-state index contributed by atoms with van der Waals surface area (Å²) in [6, 6.07) is 17.9. The van der Waals surface area contributed by atoms with Crippen molar-refractivity contribution in [2.75, 3.05) is 7.05 Å². The van der Waals surface area contributed by atoms with E-state index >= 15 is 0 Å². The van der Waals surface area contributed by atoms with Crippen molar-refractivity contribution in [3.63, 3.8) is 0 Å². The van der Waals surface area contributed by atoms with Gasteiger partial charge in [-0.3, -0.25) is 4.79 Å². The first-order valence-corrected chi connectivity index (χ1v) is 8.28. The summed E-state index contributed by atoms with van der Waals surface area (Å²) >= 11 is 0. The highest BCUT2D eigenvalue weighted by Crippen LogP contribution is 2.18. The van der Waals surface area contributed by atoms with Gasteiger partial charge in [0, 0.05) is 18.0 Å². The van der Waals surface area contributed by atoms with Crippen molar-refractivity contribution >= 4 is 16.9 Å². The van der Waals surface area contributed by atoms with Gasteiger partial charge in [-0.1, -0.05) is 36.4 Å². The zero-order valence-corrected chi connectivity index (χ0v) is 14.5. The van der Waals surface area contributed by atoms with E-state index in [9.17, 15) is 9.59 Å². The summed E-state index contributed by atoms with van der Waals surface area (Å²) in [5, 5.41) is 8.64. The van der Waals surface area contributed by atoms with Gasteiger partial charge in [-0.15, -0.1) is 10.2 Å². The summed E-state index contributed by atoms with van der Waals surface area (Å²) in [7, 11) is 1.56. The van der Waals surface area contributed by atoms with Gasteiger partial charge in [0.2, 0.25) is 11.8 Å². The number of hydrogen-bond acceptors (Lipinski definition) is 6. The topological polar surface area (TPSA) is 89.4 Å². The van der Waals surface area contributed by atoms with Crippen molar-refractivity contribution in [2.45, 2.75) is 6.54 Å². The van der Waals surface area contributed by atoms with Gasteiger partial charge in [-0.2, -0.15) is 0 Å². The van der Waals surface area contributed by atoms with E-state index in [0.29, 0.717) is 16.9 Å². The zero-order valence-electron chi connectivity index (χ0n) is 14.5. The first-order chi connectivity index (χ1) is 13.1. The lowest BCUT2D eigenvalue weighted by molar-refractivity contribution is 0.0769. The molecule has 0 N–H and O–H groups in total. The number of hydrogen-bond donors (Lipinski definition) is 0. The van der Waals surface area contributed by atoms with Gasteiger partial charge in [0.15, 0.2) is 0 Å². The fraction of sp³-hybridized carbons (Fsp3) is 0.100. The summed E-state index contributed by atoms with van der Waals surface area (Å²) in [5.74, 6) is 0.167. The highest BCUT2D eigenvalue weighted by molar-refractivity contribution is 5.96. The Morgan fingerprint density at radius 1 is 1.00 bits per heavy atom. The van der Waals surface area contributed by atoms with Gasteiger partial charge in [0.25, 0.3) is 5.91 Å². The number of amides is 1. The fourth-order valence-electron chi connectivity index (χ4n) is 2.71. The molecule has 0 saturated heterocycles. The first-order valence-electron chi connectivity index (χ1n) is 8.28. The lowest BCUT2D eigenvalue weighted by Gasteiger charge is -2.14. The smallest absolute Gasteiger partial charge is 0.349 e. The molecule has 0 saturated carbocycles. The number of nitrogens with zero attached hydrogens (tertiary/aromatic N) is 3. The molecule has 0 bridgehead atoms. The molecule has 4 rings (SSSR count). The predicted octanol–water partition coefficient (Wildman–Crippen LogP) is 3.12. The summed E-state index contributed by atoms with van der Waals surface area (Å²) in [6.07, 6.45) is 0. The third-order valence-electron chi connectivity index (χ3n) is 4.08. The highest BCUT2D eigenvalue weighted by Gasteiger charge is 2.20. The molecule has 0 atom stereocenters. The molecule has 0 radical (unpaired) electrons. The number of carbonyl (C=O) groups is 1. The van der Waals surface area contributed by atoms with Crippen LogP contribution in [0.4, 0.5) is 0 Å². The molecule has 134 valence electrons. The van der Waals surface area contributed by atoms with Crippen LogP contribution in [0.25, 0.3) is 22.4 Å². The average Bonchev–Trinajstić information content (AvgIpc) is 3.16.